The second-order valence-electron chi connectivity index (χ2n) is 5.90. The van der Waals surface area contributed by atoms with E-state index in [4.69, 9.17) is 10.4 Å². The first kappa shape index (κ1) is 14.3. The highest BCUT2D eigenvalue weighted by Gasteiger charge is 2.30. The van der Waals surface area contributed by atoms with E-state index in [1.165, 1.54) is 25.7 Å². The van der Waals surface area contributed by atoms with Gasteiger partial charge in [-0.1, -0.05) is 12.8 Å². The maximum Gasteiger partial charge on any atom is 0.303 e. The molecule has 0 aromatic rings. The number of rotatable bonds is 5. The van der Waals surface area contributed by atoms with E-state index >= 15 is 0 Å². The van der Waals surface area contributed by atoms with Gasteiger partial charge in [-0.25, -0.2) is 0 Å². The van der Waals surface area contributed by atoms with Crippen molar-refractivity contribution in [3.8, 4) is 6.07 Å². The quantitative estimate of drug-likeness (QED) is 0.731. The van der Waals surface area contributed by atoms with E-state index in [0.29, 0.717) is 18.6 Å². The first-order valence-corrected chi connectivity index (χ1v) is 7.24. The number of piperidine rings is 1. The fraction of sp³-hybridized carbons (Fsp3) is 0.857. The minimum Gasteiger partial charge on any atom is -0.481 e. The van der Waals surface area contributed by atoms with Crippen molar-refractivity contribution in [3.63, 3.8) is 0 Å². The molecule has 0 spiro atoms. The predicted molar refractivity (Wildman–Crippen MR) is 71.6 cm³/mol. The van der Waals surface area contributed by atoms with Crippen LogP contribution in [0.3, 0.4) is 0 Å². The molecule has 1 aliphatic carbocycles. The summed E-state index contributed by atoms with van der Waals surface area (Å²) in [5.74, 6) is -0.568. The number of hydrogen-bond acceptors (Lipinski definition) is 4. The van der Waals surface area contributed by atoms with Crippen LogP contribution in [0.25, 0.3) is 0 Å². The summed E-state index contributed by atoms with van der Waals surface area (Å²) < 4.78 is 0. The van der Waals surface area contributed by atoms with Crippen LogP contribution in [0.1, 0.15) is 38.5 Å². The third-order valence-corrected chi connectivity index (χ3v) is 4.20. The Bertz CT molecular complexity index is 347. The van der Waals surface area contributed by atoms with E-state index in [1.807, 2.05) is 0 Å². The van der Waals surface area contributed by atoms with Crippen LogP contribution in [-0.2, 0) is 4.79 Å². The van der Waals surface area contributed by atoms with Gasteiger partial charge in [0.1, 0.15) is 0 Å². The average molecular weight is 265 g/mol. The number of aliphatic carboxylic acids is 1. The summed E-state index contributed by atoms with van der Waals surface area (Å²) in [7, 11) is 0. The highest BCUT2D eigenvalue weighted by molar-refractivity contribution is 5.67. The van der Waals surface area contributed by atoms with Gasteiger partial charge < -0.3 is 10.4 Å². The van der Waals surface area contributed by atoms with Crippen LogP contribution in [0.4, 0.5) is 0 Å². The summed E-state index contributed by atoms with van der Waals surface area (Å²) in [6.45, 7) is 2.02. The van der Waals surface area contributed by atoms with E-state index in [-0.39, 0.29) is 12.3 Å². The number of nitriles is 1. The van der Waals surface area contributed by atoms with Gasteiger partial charge in [0.25, 0.3) is 0 Å². The maximum absolute atomic E-state index is 10.9. The summed E-state index contributed by atoms with van der Waals surface area (Å²) in [5.41, 5.74) is 0. The van der Waals surface area contributed by atoms with Crippen molar-refractivity contribution >= 4 is 5.97 Å². The Morgan fingerprint density at radius 3 is 2.68 bits per heavy atom. The molecule has 0 amide bonds. The lowest BCUT2D eigenvalue weighted by molar-refractivity contribution is -0.138. The van der Waals surface area contributed by atoms with Crippen molar-refractivity contribution in [1.29, 1.82) is 5.26 Å². The van der Waals surface area contributed by atoms with Gasteiger partial charge in [-0.05, 0) is 25.2 Å². The van der Waals surface area contributed by atoms with Crippen molar-refractivity contribution in [2.75, 3.05) is 19.6 Å². The normalized spacial score (nSPS) is 29.2. The lowest BCUT2D eigenvalue weighted by atomic mass is 9.91. The molecule has 5 nitrogen and oxygen atoms in total. The Morgan fingerprint density at radius 1 is 1.32 bits per heavy atom. The molecule has 2 atom stereocenters. The van der Waals surface area contributed by atoms with Crippen LogP contribution in [0.15, 0.2) is 0 Å². The number of carboxylic acid groups (broad SMARTS) is 1. The molecule has 2 fully saturated rings. The molecule has 1 saturated carbocycles. The molecule has 2 rings (SSSR count). The fourth-order valence-electron chi connectivity index (χ4n) is 3.47. The Balaban J connectivity index is 1.89. The van der Waals surface area contributed by atoms with Crippen LogP contribution in [0, 0.1) is 17.2 Å². The van der Waals surface area contributed by atoms with Gasteiger partial charge in [0, 0.05) is 31.6 Å². The van der Waals surface area contributed by atoms with Crippen LogP contribution in [0.2, 0.25) is 0 Å². The summed E-state index contributed by atoms with van der Waals surface area (Å²) in [6, 6.07) is 3.11. The number of carbonyl (C=O) groups is 1. The molecule has 106 valence electrons. The molecule has 5 heteroatoms. The topological polar surface area (TPSA) is 76.4 Å². The van der Waals surface area contributed by atoms with E-state index in [1.54, 1.807) is 0 Å². The second-order valence-corrected chi connectivity index (χ2v) is 5.90. The lowest BCUT2D eigenvalue weighted by Gasteiger charge is -2.37. The highest BCUT2D eigenvalue weighted by Crippen LogP contribution is 2.23. The van der Waals surface area contributed by atoms with Crippen molar-refractivity contribution in [1.82, 2.24) is 10.2 Å². The molecular weight excluding hydrogens is 242 g/mol. The minimum atomic E-state index is -0.733. The largest absolute Gasteiger partial charge is 0.481 e. The van der Waals surface area contributed by atoms with Crippen molar-refractivity contribution in [2.45, 2.75) is 50.6 Å². The summed E-state index contributed by atoms with van der Waals surface area (Å²) in [6.07, 6.45) is 6.20. The zero-order valence-corrected chi connectivity index (χ0v) is 11.3. The third kappa shape index (κ3) is 4.48. The van der Waals surface area contributed by atoms with E-state index < -0.39 is 5.97 Å². The molecule has 1 saturated heterocycles. The number of likely N-dealkylation sites (tertiary alicyclic amines) is 1. The van der Waals surface area contributed by atoms with Gasteiger partial charge >= 0.3 is 5.97 Å². The fourth-order valence-corrected chi connectivity index (χ4v) is 3.47. The first-order chi connectivity index (χ1) is 9.17. The van der Waals surface area contributed by atoms with Crippen molar-refractivity contribution in [2.24, 2.45) is 5.92 Å². The van der Waals surface area contributed by atoms with Crippen molar-refractivity contribution < 1.29 is 9.90 Å². The molecule has 0 bridgehead atoms. The molecule has 0 radical (unpaired) electrons. The van der Waals surface area contributed by atoms with Crippen LogP contribution in [-0.4, -0.2) is 47.7 Å². The molecular formula is C14H23N3O2. The molecule has 2 unspecified atom stereocenters. The Labute approximate surface area is 114 Å². The monoisotopic (exact) mass is 265 g/mol. The Kier molecular flexibility index (Phi) is 5.17. The second kappa shape index (κ2) is 6.88. The Morgan fingerprint density at radius 2 is 2.05 bits per heavy atom. The van der Waals surface area contributed by atoms with E-state index in [2.05, 4.69) is 16.3 Å². The van der Waals surface area contributed by atoms with E-state index in [0.717, 1.165) is 19.5 Å². The van der Waals surface area contributed by atoms with Gasteiger partial charge in [0.05, 0.1) is 12.6 Å². The molecule has 0 aromatic heterocycles. The summed E-state index contributed by atoms with van der Waals surface area (Å²) >= 11 is 0. The summed E-state index contributed by atoms with van der Waals surface area (Å²) in [4.78, 5) is 13.0. The van der Waals surface area contributed by atoms with Crippen LogP contribution >= 0.6 is 0 Å². The molecule has 1 aliphatic heterocycles. The average Bonchev–Trinajstić information content (AvgIpc) is 2.81. The van der Waals surface area contributed by atoms with Crippen LogP contribution in [0.5, 0.6) is 0 Å². The Hall–Kier alpha value is -1.12. The lowest BCUT2D eigenvalue weighted by Crippen LogP contribution is -2.51. The highest BCUT2D eigenvalue weighted by atomic mass is 16.4. The van der Waals surface area contributed by atoms with Gasteiger partial charge in [-0.15, -0.1) is 0 Å². The minimum absolute atomic E-state index is 0.165. The van der Waals surface area contributed by atoms with Gasteiger partial charge in [-0.3, -0.25) is 9.69 Å². The number of nitrogens with zero attached hydrogens (tertiary/aromatic N) is 2. The van der Waals surface area contributed by atoms with Crippen LogP contribution < -0.4 is 5.32 Å². The van der Waals surface area contributed by atoms with E-state index in [9.17, 15) is 4.79 Å². The zero-order valence-electron chi connectivity index (χ0n) is 11.3. The summed E-state index contributed by atoms with van der Waals surface area (Å²) in [5, 5.41) is 21.4. The standard InChI is InChI=1S/C14H23N3O2/c15-5-6-17-9-11(8-14(18)19)7-13(10-17)16-12-3-1-2-4-12/h11-13,16H,1-4,6-10H2,(H,18,19). The van der Waals surface area contributed by atoms with Crippen molar-refractivity contribution in [3.05, 3.63) is 0 Å². The zero-order chi connectivity index (χ0) is 13.7. The molecule has 1 heterocycles. The maximum atomic E-state index is 10.9. The van der Waals surface area contributed by atoms with Gasteiger partial charge in [-0.2, -0.15) is 5.26 Å². The smallest absolute Gasteiger partial charge is 0.303 e. The first-order valence-electron chi connectivity index (χ1n) is 7.24. The number of nitrogens with one attached hydrogen (secondary N) is 1. The third-order valence-electron chi connectivity index (χ3n) is 4.20. The SMILES string of the molecule is N#CCN1CC(CC(=O)O)CC(NC2CCCC2)C1. The van der Waals surface area contributed by atoms with Gasteiger partial charge in [0.15, 0.2) is 0 Å². The predicted octanol–water partition coefficient (Wildman–Crippen LogP) is 1.21. The molecule has 19 heavy (non-hydrogen) atoms. The molecule has 2 aliphatic rings. The number of hydrogen-bond donors (Lipinski definition) is 2. The number of carboxylic acids is 1. The van der Waals surface area contributed by atoms with Gasteiger partial charge in [0.2, 0.25) is 0 Å². The molecule has 2 N–H and O–H groups in total. The molecule has 0 aromatic carbocycles.